The molecule has 3 aromatic carbocycles. The summed E-state index contributed by atoms with van der Waals surface area (Å²) in [6.45, 7) is 5.92. The molecule has 0 atom stereocenters. The molecule has 1 aliphatic rings. The fraction of sp³-hybridized carbons (Fsp3) is 0.226. The van der Waals surface area contributed by atoms with Gasteiger partial charge in [0, 0.05) is 47.0 Å². The van der Waals surface area contributed by atoms with Crippen molar-refractivity contribution in [3.8, 4) is 0 Å². The molecule has 0 bridgehead atoms. The smallest absolute Gasteiger partial charge is 0.185 e. The molecule has 1 saturated heterocycles. The molecule has 0 radical (unpaired) electrons. The van der Waals surface area contributed by atoms with Crippen molar-refractivity contribution in [3.05, 3.63) is 106 Å². The fourth-order valence-electron chi connectivity index (χ4n) is 4.71. The lowest BCUT2D eigenvalue weighted by Crippen LogP contribution is -2.40. The number of ketones is 1. The molecular weight excluding hydrogens is 526 g/mol. The molecule has 0 amide bonds. The number of carbonyl (C=O) groups excluding carboxylic acids is 1. The van der Waals surface area contributed by atoms with E-state index in [0.29, 0.717) is 25.3 Å². The number of amidine groups is 1. The fourth-order valence-corrected chi connectivity index (χ4v) is 4.98. The standard InChI is InChI=1S/C31H30BrN3O2/c1-2-30(34-18-20-37-21-19-34)33-31-27(16-17-29(36)24-12-14-25(32)15-13-24)26-10-6-7-11-28(26)35(31)22-23-8-4-3-5-9-23/h3-17H,2,18-22H2,1H3/b17-16+,33-30+. The topological polar surface area (TPSA) is 46.8 Å². The Kier molecular flexibility index (Phi) is 7.97. The van der Waals surface area contributed by atoms with Gasteiger partial charge in [-0.15, -0.1) is 0 Å². The van der Waals surface area contributed by atoms with Gasteiger partial charge in [0.2, 0.25) is 0 Å². The van der Waals surface area contributed by atoms with Crippen LogP contribution >= 0.6 is 15.9 Å². The molecule has 0 N–H and O–H groups in total. The lowest BCUT2D eigenvalue weighted by atomic mass is 10.1. The van der Waals surface area contributed by atoms with Crippen LogP contribution in [0.3, 0.4) is 0 Å². The number of allylic oxidation sites excluding steroid dienone is 1. The number of hydrogen-bond acceptors (Lipinski definition) is 3. The highest BCUT2D eigenvalue weighted by Gasteiger charge is 2.19. The van der Waals surface area contributed by atoms with Gasteiger partial charge in [0.25, 0.3) is 0 Å². The number of carbonyl (C=O) groups is 1. The predicted octanol–water partition coefficient (Wildman–Crippen LogP) is 7.12. The summed E-state index contributed by atoms with van der Waals surface area (Å²) in [5.41, 5.74) is 3.90. The highest BCUT2D eigenvalue weighted by molar-refractivity contribution is 9.10. The first-order chi connectivity index (χ1) is 18.1. The summed E-state index contributed by atoms with van der Waals surface area (Å²) in [6, 6.07) is 26.2. The van der Waals surface area contributed by atoms with Gasteiger partial charge in [0.15, 0.2) is 5.78 Å². The maximum atomic E-state index is 13.0. The van der Waals surface area contributed by atoms with Crippen LogP contribution in [0.4, 0.5) is 5.82 Å². The summed E-state index contributed by atoms with van der Waals surface area (Å²) >= 11 is 3.44. The van der Waals surface area contributed by atoms with Crippen molar-refractivity contribution in [2.75, 3.05) is 26.3 Å². The minimum atomic E-state index is -0.0359. The van der Waals surface area contributed by atoms with E-state index in [0.717, 1.165) is 52.1 Å². The number of ether oxygens (including phenoxy) is 1. The average molecular weight is 557 g/mol. The Hall–Kier alpha value is -3.48. The Bertz CT molecular complexity index is 1430. The van der Waals surface area contributed by atoms with E-state index >= 15 is 0 Å². The number of benzene rings is 3. The lowest BCUT2D eigenvalue weighted by molar-refractivity contribution is 0.0673. The zero-order valence-corrected chi connectivity index (χ0v) is 22.5. The van der Waals surface area contributed by atoms with E-state index in [1.54, 1.807) is 6.08 Å². The van der Waals surface area contributed by atoms with Crippen LogP contribution < -0.4 is 0 Å². The number of hydrogen-bond donors (Lipinski definition) is 0. The maximum Gasteiger partial charge on any atom is 0.185 e. The van der Waals surface area contributed by atoms with Gasteiger partial charge in [-0.25, -0.2) is 4.99 Å². The number of aliphatic imine (C=N–C) groups is 1. The summed E-state index contributed by atoms with van der Waals surface area (Å²) in [7, 11) is 0. The van der Waals surface area contributed by atoms with Crippen LogP contribution in [0, 0.1) is 0 Å². The molecule has 2 heterocycles. The van der Waals surface area contributed by atoms with Gasteiger partial charge in [0.05, 0.1) is 18.7 Å². The van der Waals surface area contributed by atoms with Crippen LogP contribution in [0.25, 0.3) is 17.0 Å². The molecule has 0 unspecified atom stereocenters. The third-order valence-corrected chi connectivity index (χ3v) is 7.15. The van der Waals surface area contributed by atoms with E-state index < -0.39 is 0 Å². The zero-order valence-electron chi connectivity index (χ0n) is 20.9. The van der Waals surface area contributed by atoms with Gasteiger partial charge in [-0.3, -0.25) is 4.79 Å². The molecule has 6 heteroatoms. The number of rotatable bonds is 7. The number of para-hydroxylation sites is 1. The van der Waals surface area contributed by atoms with Crippen molar-refractivity contribution in [2.45, 2.75) is 19.9 Å². The molecule has 1 aliphatic heterocycles. The molecule has 0 saturated carbocycles. The zero-order chi connectivity index (χ0) is 25.6. The molecule has 188 valence electrons. The van der Waals surface area contributed by atoms with Crippen LogP contribution in [0.15, 0.2) is 94.4 Å². The van der Waals surface area contributed by atoms with Gasteiger partial charge < -0.3 is 14.2 Å². The Labute approximate surface area is 226 Å². The first kappa shape index (κ1) is 25.2. The highest BCUT2D eigenvalue weighted by Crippen LogP contribution is 2.35. The van der Waals surface area contributed by atoms with Crippen LogP contribution in [0.2, 0.25) is 0 Å². The molecule has 4 aromatic rings. The molecule has 1 aromatic heterocycles. The molecule has 0 spiro atoms. The summed E-state index contributed by atoms with van der Waals surface area (Å²) in [5, 5.41) is 1.08. The normalized spacial score (nSPS) is 14.5. The van der Waals surface area contributed by atoms with E-state index in [-0.39, 0.29) is 5.78 Å². The van der Waals surface area contributed by atoms with E-state index in [4.69, 9.17) is 9.73 Å². The van der Waals surface area contributed by atoms with E-state index in [1.807, 2.05) is 42.5 Å². The molecular formula is C31H30BrN3O2. The van der Waals surface area contributed by atoms with Crippen molar-refractivity contribution >= 4 is 50.3 Å². The number of halogens is 1. The van der Waals surface area contributed by atoms with Crippen molar-refractivity contribution in [3.63, 3.8) is 0 Å². The first-order valence-electron chi connectivity index (χ1n) is 12.7. The Morgan fingerprint density at radius 3 is 2.41 bits per heavy atom. The van der Waals surface area contributed by atoms with Crippen LogP contribution in [-0.2, 0) is 11.3 Å². The monoisotopic (exact) mass is 555 g/mol. The van der Waals surface area contributed by atoms with Gasteiger partial charge >= 0.3 is 0 Å². The third kappa shape index (κ3) is 5.76. The van der Waals surface area contributed by atoms with Gasteiger partial charge in [-0.05, 0) is 48.0 Å². The van der Waals surface area contributed by atoms with Crippen molar-refractivity contribution in [2.24, 2.45) is 4.99 Å². The minimum Gasteiger partial charge on any atom is -0.378 e. The third-order valence-electron chi connectivity index (χ3n) is 6.62. The second-order valence-corrected chi connectivity index (χ2v) is 9.93. The largest absolute Gasteiger partial charge is 0.378 e. The number of aromatic nitrogens is 1. The van der Waals surface area contributed by atoms with Crippen LogP contribution in [-0.4, -0.2) is 47.4 Å². The van der Waals surface area contributed by atoms with E-state index in [1.165, 1.54) is 5.56 Å². The van der Waals surface area contributed by atoms with Crippen molar-refractivity contribution in [1.82, 2.24) is 9.47 Å². The molecule has 1 fully saturated rings. The van der Waals surface area contributed by atoms with Crippen LogP contribution in [0.1, 0.15) is 34.8 Å². The van der Waals surface area contributed by atoms with Crippen LogP contribution in [0.5, 0.6) is 0 Å². The second-order valence-electron chi connectivity index (χ2n) is 9.01. The molecule has 5 nitrogen and oxygen atoms in total. The summed E-state index contributed by atoms with van der Waals surface area (Å²) in [4.78, 5) is 20.6. The molecule has 5 rings (SSSR count). The van der Waals surface area contributed by atoms with E-state index in [9.17, 15) is 4.79 Å². The molecule has 37 heavy (non-hydrogen) atoms. The Morgan fingerprint density at radius 2 is 1.68 bits per heavy atom. The predicted molar refractivity (Wildman–Crippen MR) is 155 cm³/mol. The van der Waals surface area contributed by atoms with Crippen molar-refractivity contribution in [1.29, 1.82) is 0 Å². The maximum absolute atomic E-state index is 13.0. The summed E-state index contributed by atoms with van der Waals surface area (Å²) in [6.07, 6.45) is 4.41. The summed E-state index contributed by atoms with van der Waals surface area (Å²) < 4.78 is 8.80. The minimum absolute atomic E-state index is 0.0359. The van der Waals surface area contributed by atoms with Gasteiger partial charge in [0.1, 0.15) is 11.7 Å². The first-order valence-corrected chi connectivity index (χ1v) is 13.5. The van der Waals surface area contributed by atoms with Crippen molar-refractivity contribution < 1.29 is 9.53 Å². The average Bonchev–Trinajstić information content (AvgIpc) is 3.23. The highest BCUT2D eigenvalue weighted by atomic mass is 79.9. The van der Waals surface area contributed by atoms with Gasteiger partial charge in [-0.2, -0.15) is 0 Å². The van der Waals surface area contributed by atoms with Gasteiger partial charge in [-0.1, -0.05) is 71.4 Å². The quantitative estimate of drug-likeness (QED) is 0.105. The Balaban J connectivity index is 1.64. The molecule has 0 aliphatic carbocycles. The number of nitrogens with zero attached hydrogens (tertiary/aromatic N) is 3. The number of fused-ring (bicyclic) bond motifs is 1. The summed E-state index contributed by atoms with van der Waals surface area (Å²) in [5.74, 6) is 1.87. The lowest BCUT2D eigenvalue weighted by Gasteiger charge is -2.29. The Morgan fingerprint density at radius 1 is 0.973 bits per heavy atom. The number of morpholine rings is 1. The van der Waals surface area contributed by atoms with E-state index in [2.05, 4.69) is 74.8 Å². The SMILES string of the molecule is CC/C(=N\c1c(/C=C/C(=O)c2ccc(Br)cc2)c2ccccc2n1Cc1ccccc1)N1CCOCC1. The second kappa shape index (κ2) is 11.7.